The van der Waals surface area contributed by atoms with Gasteiger partial charge in [-0.05, 0) is 36.6 Å². The van der Waals surface area contributed by atoms with Crippen molar-refractivity contribution in [2.75, 3.05) is 6.54 Å². The Bertz CT molecular complexity index is 707. The molecular weight excluding hydrogens is 328 g/mol. The van der Waals surface area contributed by atoms with Crippen LogP contribution in [0.1, 0.15) is 29.2 Å². The first-order valence-corrected chi connectivity index (χ1v) is 7.99. The second-order valence-electron chi connectivity index (χ2n) is 5.76. The molecule has 25 heavy (non-hydrogen) atoms. The predicted molar refractivity (Wildman–Crippen MR) is 90.5 cm³/mol. The van der Waals surface area contributed by atoms with Crippen molar-refractivity contribution >= 4 is 5.91 Å². The zero-order chi connectivity index (χ0) is 18.2. The molecular formula is C19H21F2NO3. The fraction of sp³-hybridized carbons (Fsp3) is 0.316. The van der Waals surface area contributed by atoms with E-state index in [1.54, 1.807) is 6.07 Å². The number of benzene rings is 2. The summed E-state index contributed by atoms with van der Waals surface area (Å²) in [4.78, 5) is 11.9. The largest absolute Gasteiger partial charge is 0.435 e. The van der Waals surface area contributed by atoms with Crippen LogP contribution in [0.25, 0.3) is 0 Å². The van der Waals surface area contributed by atoms with Crippen LogP contribution >= 0.6 is 0 Å². The number of aryl methyl sites for hydroxylation is 2. The highest BCUT2D eigenvalue weighted by atomic mass is 19.3. The number of hydrogen-bond acceptors (Lipinski definition) is 3. The van der Waals surface area contributed by atoms with Crippen LogP contribution in [0.15, 0.2) is 48.5 Å². The van der Waals surface area contributed by atoms with E-state index in [1.165, 1.54) is 18.2 Å². The van der Waals surface area contributed by atoms with E-state index in [9.17, 15) is 18.7 Å². The quantitative estimate of drug-likeness (QED) is 0.768. The first-order valence-electron chi connectivity index (χ1n) is 7.99. The lowest BCUT2D eigenvalue weighted by Crippen LogP contribution is -2.28. The summed E-state index contributed by atoms with van der Waals surface area (Å²) in [5, 5.41) is 12.7. The maximum Gasteiger partial charge on any atom is 0.387 e. The number of ether oxygens (including phenoxy) is 1. The number of carbonyl (C=O) groups excluding carboxylic acids is 1. The Labute approximate surface area is 145 Å². The van der Waals surface area contributed by atoms with Gasteiger partial charge in [0.15, 0.2) is 0 Å². The summed E-state index contributed by atoms with van der Waals surface area (Å²) in [5.74, 6) is -0.210. The van der Waals surface area contributed by atoms with Crippen LogP contribution < -0.4 is 10.1 Å². The van der Waals surface area contributed by atoms with E-state index in [1.807, 2.05) is 31.2 Å². The van der Waals surface area contributed by atoms with Gasteiger partial charge in [0, 0.05) is 13.0 Å². The van der Waals surface area contributed by atoms with Crippen molar-refractivity contribution < 1.29 is 23.4 Å². The van der Waals surface area contributed by atoms with E-state index >= 15 is 0 Å². The standard InChI is InChI=1S/C19H21F2NO3/c1-13-4-2-5-14(10-13)8-9-18(24)22-12-17(23)15-6-3-7-16(11-15)25-19(20)21/h2-7,10-11,17,19,23H,8-9,12H2,1H3,(H,22,24). The number of aliphatic hydroxyl groups excluding tert-OH is 1. The van der Waals surface area contributed by atoms with Crippen LogP contribution in [0.2, 0.25) is 0 Å². The smallest absolute Gasteiger partial charge is 0.387 e. The average Bonchev–Trinajstić information content (AvgIpc) is 2.57. The third kappa shape index (κ3) is 6.51. The van der Waals surface area contributed by atoms with Crippen LogP contribution in [-0.4, -0.2) is 24.2 Å². The molecule has 1 unspecified atom stereocenters. The Morgan fingerprint density at radius 3 is 2.68 bits per heavy atom. The molecule has 0 bridgehead atoms. The minimum Gasteiger partial charge on any atom is -0.435 e. The molecule has 0 fully saturated rings. The molecule has 0 aliphatic rings. The second kappa shape index (κ2) is 9.13. The Morgan fingerprint density at radius 1 is 1.20 bits per heavy atom. The molecule has 134 valence electrons. The third-order valence-electron chi connectivity index (χ3n) is 3.68. The minimum atomic E-state index is -2.92. The lowest BCUT2D eigenvalue weighted by atomic mass is 10.1. The third-order valence-corrected chi connectivity index (χ3v) is 3.68. The number of amides is 1. The van der Waals surface area contributed by atoms with Crippen LogP contribution in [0.3, 0.4) is 0 Å². The van der Waals surface area contributed by atoms with Crippen LogP contribution in [0, 0.1) is 6.92 Å². The van der Waals surface area contributed by atoms with Crippen LogP contribution in [0.4, 0.5) is 8.78 Å². The average molecular weight is 349 g/mol. The van der Waals surface area contributed by atoms with Crippen molar-refractivity contribution in [3.8, 4) is 5.75 Å². The summed E-state index contributed by atoms with van der Waals surface area (Å²) in [5.41, 5.74) is 2.61. The van der Waals surface area contributed by atoms with Gasteiger partial charge in [0.1, 0.15) is 5.75 Å². The molecule has 2 aromatic carbocycles. The van der Waals surface area contributed by atoms with Crippen molar-refractivity contribution in [3.63, 3.8) is 0 Å². The van der Waals surface area contributed by atoms with E-state index in [2.05, 4.69) is 10.1 Å². The van der Waals surface area contributed by atoms with Gasteiger partial charge >= 0.3 is 6.61 Å². The number of rotatable bonds is 8. The number of alkyl halides is 2. The fourth-order valence-electron chi connectivity index (χ4n) is 2.44. The van der Waals surface area contributed by atoms with Gasteiger partial charge in [0.05, 0.1) is 6.10 Å². The molecule has 4 nitrogen and oxygen atoms in total. The summed E-state index contributed by atoms with van der Waals surface area (Å²) in [6.07, 6.45) is -0.0735. The van der Waals surface area contributed by atoms with Crippen LogP contribution in [0.5, 0.6) is 5.75 Å². The number of hydrogen-bond donors (Lipinski definition) is 2. The lowest BCUT2D eigenvalue weighted by Gasteiger charge is -2.14. The second-order valence-corrected chi connectivity index (χ2v) is 5.76. The van der Waals surface area contributed by atoms with Crippen molar-refractivity contribution in [3.05, 3.63) is 65.2 Å². The molecule has 1 atom stereocenters. The summed E-state index contributed by atoms with van der Waals surface area (Å²) in [6, 6.07) is 13.7. The molecule has 2 N–H and O–H groups in total. The van der Waals surface area contributed by atoms with Crippen molar-refractivity contribution in [1.29, 1.82) is 0 Å². The number of nitrogens with one attached hydrogen (secondary N) is 1. The summed E-state index contributed by atoms with van der Waals surface area (Å²) in [6.45, 7) is -0.926. The molecule has 0 aromatic heterocycles. The highest BCUT2D eigenvalue weighted by Gasteiger charge is 2.12. The zero-order valence-corrected chi connectivity index (χ0v) is 13.9. The van der Waals surface area contributed by atoms with Gasteiger partial charge in [-0.2, -0.15) is 8.78 Å². The molecule has 0 spiro atoms. The zero-order valence-electron chi connectivity index (χ0n) is 13.9. The number of halogens is 2. The molecule has 6 heteroatoms. The molecule has 0 saturated carbocycles. The molecule has 0 radical (unpaired) electrons. The topological polar surface area (TPSA) is 58.6 Å². The van der Waals surface area contributed by atoms with Gasteiger partial charge in [0.25, 0.3) is 0 Å². The minimum absolute atomic E-state index is 0.00474. The van der Waals surface area contributed by atoms with Crippen molar-refractivity contribution in [1.82, 2.24) is 5.32 Å². The molecule has 0 aliphatic carbocycles. The van der Waals surface area contributed by atoms with E-state index in [0.29, 0.717) is 18.4 Å². The summed E-state index contributed by atoms with van der Waals surface area (Å²) < 4.78 is 28.7. The number of carbonyl (C=O) groups is 1. The SMILES string of the molecule is Cc1cccc(CCC(=O)NCC(O)c2cccc(OC(F)F)c2)c1. The van der Waals surface area contributed by atoms with Gasteiger partial charge in [-0.25, -0.2) is 0 Å². The molecule has 0 aliphatic heterocycles. The highest BCUT2D eigenvalue weighted by molar-refractivity contribution is 5.76. The monoisotopic (exact) mass is 349 g/mol. The molecule has 1 amide bonds. The maximum absolute atomic E-state index is 12.2. The van der Waals surface area contributed by atoms with Gasteiger partial charge in [0.2, 0.25) is 5.91 Å². The van der Waals surface area contributed by atoms with Crippen molar-refractivity contribution in [2.24, 2.45) is 0 Å². The van der Waals surface area contributed by atoms with E-state index in [0.717, 1.165) is 11.1 Å². The van der Waals surface area contributed by atoms with Gasteiger partial charge in [-0.1, -0.05) is 42.0 Å². The normalized spacial score (nSPS) is 12.0. The summed E-state index contributed by atoms with van der Waals surface area (Å²) >= 11 is 0. The first kappa shape index (κ1) is 18.9. The van der Waals surface area contributed by atoms with Gasteiger partial charge in [-0.3, -0.25) is 4.79 Å². The highest BCUT2D eigenvalue weighted by Crippen LogP contribution is 2.20. The first-order chi connectivity index (χ1) is 11.9. The Balaban J connectivity index is 1.80. The molecule has 2 rings (SSSR count). The molecule has 0 saturated heterocycles. The lowest BCUT2D eigenvalue weighted by molar-refractivity contribution is -0.121. The van der Waals surface area contributed by atoms with Crippen molar-refractivity contribution in [2.45, 2.75) is 32.5 Å². The number of aliphatic hydroxyl groups is 1. The molecule has 0 heterocycles. The van der Waals surface area contributed by atoms with Crippen LogP contribution in [-0.2, 0) is 11.2 Å². The fourth-order valence-corrected chi connectivity index (χ4v) is 2.44. The van der Waals surface area contributed by atoms with E-state index < -0.39 is 12.7 Å². The van der Waals surface area contributed by atoms with Gasteiger partial charge < -0.3 is 15.2 Å². The predicted octanol–water partition coefficient (Wildman–Crippen LogP) is 3.38. The summed E-state index contributed by atoms with van der Waals surface area (Å²) in [7, 11) is 0. The Morgan fingerprint density at radius 2 is 1.96 bits per heavy atom. The molecule has 2 aromatic rings. The van der Waals surface area contributed by atoms with Gasteiger partial charge in [-0.15, -0.1) is 0 Å². The van der Waals surface area contributed by atoms with E-state index in [4.69, 9.17) is 0 Å². The van der Waals surface area contributed by atoms with E-state index in [-0.39, 0.29) is 18.2 Å². The maximum atomic E-state index is 12.2. The Kier molecular flexibility index (Phi) is 6.89. The Hall–Kier alpha value is -2.47.